The van der Waals surface area contributed by atoms with Crippen molar-refractivity contribution >= 4 is 23.5 Å². The number of ketones is 1. The van der Waals surface area contributed by atoms with Gasteiger partial charge in [0.1, 0.15) is 11.6 Å². The van der Waals surface area contributed by atoms with Gasteiger partial charge in [0.2, 0.25) is 5.78 Å². The Labute approximate surface area is 171 Å². The minimum Gasteiger partial charge on any atom is -0.462 e. The highest BCUT2D eigenvalue weighted by Crippen LogP contribution is 2.24. The number of H-pyrrole nitrogens is 1. The van der Waals surface area contributed by atoms with E-state index in [1.165, 1.54) is 0 Å². The molecule has 0 fully saturated rings. The summed E-state index contributed by atoms with van der Waals surface area (Å²) in [6, 6.07) is 9.66. The van der Waals surface area contributed by atoms with Crippen LogP contribution >= 0.6 is 0 Å². The van der Waals surface area contributed by atoms with E-state index in [4.69, 9.17) is 4.74 Å². The Kier molecular flexibility index (Phi) is 7.38. The number of benzene rings is 1. The molecule has 1 aromatic carbocycles. The number of carbonyl (C=O) groups excluding carboxylic acids is 2. The van der Waals surface area contributed by atoms with E-state index in [2.05, 4.69) is 23.7 Å². The Balaban J connectivity index is 2.42. The van der Waals surface area contributed by atoms with Crippen molar-refractivity contribution in [2.75, 3.05) is 24.6 Å². The third kappa shape index (κ3) is 4.75. The number of hydrogen-bond donors (Lipinski definition) is 1. The minimum absolute atomic E-state index is 0.0340. The second-order valence-corrected chi connectivity index (χ2v) is 6.61. The van der Waals surface area contributed by atoms with Gasteiger partial charge in [-0.15, -0.1) is 0 Å². The number of allylic oxidation sites excluding steroid dienone is 1. The summed E-state index contributed by atoms with van der Waals surface area (Å²) >= 11 is 0. The molecule has 0 bridgehead atoms. The second kappa shape index (κ2) is 9.74. The van der Waals surface area contributed by atoms with E-state index in [-0.39, 0.29) is 23.3 Å². The van der Waals surface area contributed by atoms with Gasteiger partial charge in [0.25, 0.3) is 0 Å². The van der Waals surface area contributed by atoms with Gasteiger partial charge < -0.3 is 14.6 Å². The molecule has 6 heteroatoms. The lowest BCUT2D eigenvalue weighted by Crippen LogP contribution is -2.21. The predicted octanol–water partition coefficient (Wildman–Crippen LogP) is 4.44. The first-order valence-electron chi connectivity index (χ1n) is 9.75. The first-order valence-corrected chi connectivity index (χ1v) is 9.75. The van der Waals surface area contributed by atoms with Gasteiger partial charge in [-0.25, -0.2) is 4.79 Å². The average molecular weight is 393 g/mol. The van der Waals surface area contributed by atoms with Crippen LogP contribution in [0.15, 0.2) is 29.8 Å². The standard InChI is InChI=1S/C23H27N3O3/c1-6-26(7-2)19-11-9-17(10-12-19)13-18(14-24)22(27)20-15(4)25-16(5)21(20)23(28)29-8-3/h9-13,25H,6-8H2,1-5H3/b18-13+. The molecule has 0 amide bonds. The summed E-state index contributed by atoms with van der Waals surface area (Å²) in [6.07, 6.45) is 1.55. The highest BCUT2D eigenvalue weighted by Gasteiger charge is 2.27. The molecule has 29 heavy (non-hydrogen) atoms. The van der Waals surface area contributed by atoms with Gasteiger partial charge in [-0.1, -0.05) is 12.1 Å². The monoisotopic (exact) mass is 393 g/mol. The molecular weight excluding hydrogens is 366 g/mol. The van der Waals surface area contributed by atoms with E-state index in [0.717, 1.165) is 24.3 Å². The lowest BCUT2D eigenvalue weighted by atomic mass is 9.98. The molecule has 0 aliphatic rings. The molecule has 0 unspecified atom stereocenters. The topological polar surface area (TPSA) is 86.2 Å². The molecule has 152 valence electrons. The number of nitrogens with zero attached hydrogens (tertiary/aromatic N) is 2. The number of carbonyl (C=O) groups is 2. The second-order valence-electron chi connectivity index (χ2n) is 6.61. The van der Waals surface area contributed by atoms with Gasteiger partial charge in [-0.3, -0.25) is 4.79 Å². The number of rotatable bonds is 8. The van der Waals surface area contributed by atoms with Crippen LogP contribution in [0.1, 0.15) is 58.4 Å². The number of anilines is 1. The molecular formula is C23H27N3O3. The van der Waals surface area contributed by atoms with Gasteiger partial charge in [0, 0.05) is 30.2 Å². The number of esters is 1. The normalized spacial score (nSPS) is 11.1. The van der Waals surface area contributed by atoms with E-state index in [9.17, 15) is 14.9 Å². The Bertz CT molecular complexity index is 958. The third-order valence-electron chi connectivity index (χ3n) is 4.78. The summed E-state index contributed by atoms with van der Waals surface area (Å²) in [5, 5.41) is 9.59. The van der Waals surface area contributed by atoms with Crippen LogP contribution < -0.4 is 4.90 Å². The maximum atomic E-state index is 13.1. The summed E-state index contributed by atoms with van der Waals surface area (Å²) in [4.78, 5) is 30.6. The van der Waals surface area contributed by atoms with Crippen molar-refractivity contribution in [2.45, 2.75) is 34.6 Å². The van der Waals surface area contributed by atoms with Gasteiger partial charge >= 0.3 is 5.97 Å². The molecule has 0 saturated carbocycles. The van der Waals surface area contributed by atoms with E-state index < -0.39 is 11.8 Å². The van der Waals surface area contributed by atoms with Crippen LogP contribution in [0.2, 0.25) is 0 Å². The van der Waals surface area contributed by atoms with Crippen molar-refractivity contribution in [3.05, 3.63) is 57.9 Å². The number of Topliss-reactive ketones (excluding diaryl/α,β-unsaturated/α-hetero) is 1. The van der Waals surface area contributed by atoms with Crippen LogP contribution in [-0.4, -0.2) is 36.4 Å². The zero-order valence-corrected chi connectivity index (χ0v) is 17.6. The molecule has 0 aliphatic heterocycles. The number of nitrogens with one attached hydrogen (secondary N) is 1. The largest absolute Gasteiger partial charge is 0.462 e. The van der Waals surface area contributed by atoms with Gasteiger partial charge in [-0.2, -0.15) is 5.26 Å². The van der Waals surface area contributed by atoms with E-state index in [1.54, 1.807) is 26.8 Å². The quantitative estimate of drug-likeness (QED) is 0.310. The maximum absolute atomic E-state index is 13.1. The molecule has 2 rings (SSSR count). The number of hydrogen-bond acceptors (Lipinski definition) is 5. The number of aromatic nitrogens is 1. The molecule has 0 saturated heterocycles. The molecule has 0 aliphatic carbocycles. The molecule has 2 aromatic rings. The molecule has 6 nitrogen and oxygen atoms in total. The Hall–Kier alpha value is -3.33. The Morgan fingerprint density at radius 2 is 1.66 bits per heavy atom. The molecule has 1 aromatic heterocycles. The smallest absolute Gasteiger partial charge is 0.340 e. The number of aromatic amines is 1. The third-order valence-corrected chi connectivity index (χ3v) is 4.78. The fourth-order valence-electron chi connectivity index (χ4n) is 3.34. The van der Waals surface area contributed by atoms with Crippen molar-refractivity contribution in [3.8, 4) is 6.07 Å². The van der Waals surface area contributed by atoms with Crippen LogP contribution in [-0.2, 0) is 4.74 Å². The van der Waals surface area contributed by atoms with Crippen molar-refractivity contribution in [1.82, 2.24) is 4.98 Å². The summed E-state index contributed by atoms with van der Waals surface area (Å²) in [7, 11) is 0. The van der Waals surface area contributed by atoms with Crippen molar-refractivity contribution in [1.29, 1.82) is 5.26 Å². The first-order chi connectivity index (χ1) is 13.9. The van der Waals surface area contributed by atoms with Crippen molar-refractivity contribution in [3.63, 3.8) is 0 Å². The van der Waals surface area contributed by atoms with Crippen LogP contribution in [0.3, 0.4) is 0 Å². The van der Waals surface area contributed by atoms with E-state index >= 15 is 0 Å². The number of aryl methyl sites for hydroxylation is 2. The van der Waals surface area contributed by atoms with Crippen LogP contribution in [0.5, 0.6) is 0 Å². The summed E-state index contributed by atoms with van der Waals surface area (Å²) < 4.78 is 5.08. The minimum atomic E-state index is -0.571. The SMILES string of the molecule is CCOC(=O)c1c(C)[nH]c(C)c1C(=O)/C(C#N)=C/c1ccc(N(CC)CC)cc1. The van der Waals surface area contributed by atoms with Gasteiger partial charge in [-0.05, 0) is 58.4 Å². The average Bonchev–Trinajstić information content (AvgIpc) is 3.01. The Morgan fingerprint density at radius 3 is 2.17 bits per heavy atom. The van der Waals surface area contributed by atoms with E-state index in [1.807, 2.05) is 30.3 Å². The zero-order valence-electron chi connectivity index (χ0n) is 17.6. The molecule has 0 spiro atoms. The summed E-state index contributed by atoms with van der Waals surface area (Å²) in [5.41, 5.74) is 3.25. The van der Waals surface area contributed by atoms with Crippen LogP contribution in [0, 0.1) is 25.2 Å². The van der Waals surface area contributed by atoms with Crippen LogP contribution in [0.25, 0.3) is 6.08 Å². The number of nitriles is 1. The maximum Gasteiger partial charge on any atom is 0.340 e. The first kappa shape index (κ1) is 22.0. The number of ether oxygens (including phenoxy) is 1. The van der Waals surface area contributed by atoms with Gasteiger partial charge in [0.15, 0.2) is 0 Å². The fourth-order valence-corrected chi connectivity index (χ4v) is 3.34. The van der Waals surface area contributed by atoms with Crippen molar-refractivity contribution in [2.24, 2.45) is 0 Å². The molecule has 0 atom stereocenters. The molecule has 1 N–H and O–H groups in total. The van der Waals surface area contributed by atoms with Crippen molar-refractivity contribution < 1.29 is 14.3 Å². The molecule has 0 radical (unpaired) electrons. The predicted molar refractivity (Wildman–Crippen MR) is 114 cm³/mol. The summed E-state index contributed by atoms with van der Waals surface area (Å²) in [6.45, 7) is 11.3. The van der Waals surface area contributed by atoms with Crippen LogP contribution in [0.4, 0.5) is 5.69 Å². The lowest BCUT2D eigenvalue weighted by molar-refractivity contribution is 0.0523. The fraction of sp³-hybridized carbons (Fsp3) is 0.348. The zero-order chi connectivity index (χ0) is 21.6. The summed E-state index contributed by atoms with van der Waals surface area (Å²) in [5.74, 6) is -1.07. The Morgan fingerprint density at radius 1 is 1.07 bits per heavy atom. The highest BCUT2D eigenvalue weighted by atomic mass is 16.5. The van der Waals surface area contributed by atoms with E-state index in [0.29, 0.717) is 11.4 Å². The van der Waals surface area contributed by atoms with Gasteiger partial charge in [0.05, 0.1) is 17.7 Å². The highest BCUT2D eigenvalue weighted by molar-refractivity contribution is 6.19. The molecule has 1 heterocycles. The lowest BCUT2D eigenvalue weighted by Gasteiger charge is -2.20.